The largest absolute Gasteiger partial charge is 0.301 e. The lowest BCUT2D eigenvalue weighted by Gasteiger charge is -2.35. The van der Waals surface area contributed by atoms with Gasteiger partial charge in [-0.3, -0.25) is 9.47 Å². The van der Waals surface area contributed by atoms with Gasteiger partial charge >= 0.3 is 0 Å². The van der Waals surface area contributed by atoms with Crippen LogP contribution in [0.5, 0.6) is 0 Å². The summed E-state index contributed by atoms with van der Waals surface area (Å²) in [6.07, 6.45) is 1.84. The van der Waals surface area contributed by atoms with E-state index >= 15 is 0 Å². The molecule has 2 aromatic rings. The molecule has 25 heavy (non-hydrogen) atoms. The van der Waals surface area contributed by atoms with Crippen LogP contribution in [-0.2, 0) is 6.67 Å². The van der Waals surface area contributed by atoms with Crippen molar-refractivity contribution in [1.29, 1.82) is 0 Å². The number of hydrogen-bond donors (Lipinski definition) is 0. The van der Waals surface area contributed by atoms with Gasteiger partial charge in [-0.25, -0.2) is 4.68 Å². The van der Waals surface area contributed by atoms with Crippen molar-refractivity contribution in [2.45, 2.75) is 34.4 Å². The van der Waals surface area contributed by atoms with Gasteiger partial charge in [-0.1, -0.05) is 31.5 Å². The minimum absolute atomic E-state index is 0.730. The second kappa shape index (κ2) is 7.81. The van der Waals surface area contributed by atoms with Crippen molar-refractivity contribution in [2.24, 2.45) is 5.92 Å². The van der Waals surface area contributed by atoms with Crippen molar-refractivity contribution in [2.75, 3.05) is 32.7 Å². The van der Waals surface area contributed by atoms with Crippen LogP contribution in [0.2, 0.25) is 0 Å². The molecule has 2 heterocycles. The highest BCUT2D eigenvalue weighted by molar-refractivity contribution is 7.71. The predicted octanol–water partition coefficient (Wildman–Crippen LogP) is 3.25. The fraction of sp³-hybridized carbons (Fsp3) is 0.579. The van der Waals surface area contributed by atoms with Gasteiger partial charge in [0.2, 0.25) is 4.77 Å². The van der Waals surface area contributed by atoms with Gasteiger partial charge in [0.15, 0.2) is 0 Å². The first-order valence-electron chi connectivity index (χ1n) is 9.11. The summed E-state index contributed by atoms with van der Waals surface area (Å²) < 4.78 is 4.71. The van der Waals surface area contributed by atoms with E-state index in [1.165, 1.54) is 17.7 Å². The molecule has 0 radical (unpaired) electrons. The lowest BCUT2D eigenvalue weighted by molar-refractivity contribution is 0.0950. The Morgan fingerprint density at radius 3 is 2.40 bits per heavy atom. The molecule has 1 saturated heterocycles. The van der Waals surface area contributed by atoms with Crippen LogP contribution in [0.3, 0.4) is 0 Å². The quantitative estimate of drug-likeness (QED) is 0.767. The molecule has 0 spiro atoms. The highest BCUT2D eigenvalue weighted by Gasteiger charge is 2.18. The summed E-state index contributed by atoms with van der Waals surface area (Å²) >= 11 is 5.67. The average molecular weight is 360 g/mol. The molecule has 0 N–H and O–H groups in total. The first kappa shape index (κ1) is 18.3. The molecule has 1 fully saturated rings. The summed E-state index contributed by atoms with van der Waals surface area (Å²) in [5, 5.41) is 4.54. The van der Waals surface area contributed by atoms with Crippen molar-refractivity contribution in [3.63, 3.8) is 0 Å². The molecule has 5 nitrogen and oxygen atoms in total. The summed E-state index contributed by atoms with van der Waals surface area (Å²) in [7, 11) is 0. The zero-order chi connectivity index (χ0) is 18.0. The monoisotopic (exact) mass is 359 g/mol. The topological polar surface area (TPSA) is 29.2 Å². The Morgan fingerprint density at radius 2 is 1.76 bits per heavy atom. The predicted molar refractivity (Wildman–Crippen MR) is 105 cm³/mol. The number of piperazine rings is 1. The second-order valence-corrected chi connectivity index (χ2v) is 7.89. The maximum atomic E-state index is 5.67. The molecular formula is C19H29N5S. The summed E-state index contributed by atoms with van der Waals surface area (Å²) in [4.78, 5) is 4.99. The SMILES string of the molecule is Cc1ccc(-n2cnn(CN3CCN(CC(C)C)CC3)c2=S)c(C)c1. The van der Waals surface area contributed by atoms with Crippen LogP contribution in [0.1, 0.15) is 25.0 Å². The second-order valence-electron chi connectivity index (χ2n) is 7.53. The summed E-state index contributed by atoms with van der Waals surface area (Å²) in [5.41, 5.74) is 3.60. The number of rotatable bonds is 5. The smallest absolute Gasteiger partial charge is 0.203 e. The molecule has 0 saturated carbocycles. The van der Waals surface area contributed by atoms with Crippen molar-refractivity contribution >= 4 is 12.2 Å². The third kappa shape index (κ3) is 4.37. The lowest BCUT2D eigenvalue weighted by atomic mass is 10.1. The Balaban J connectivity index is 1.67. The van der Waals surface area contributed by atoms with Gasteiger partial charge in [0.1, 0.15) is 6.33 Å². The average Bonchev–Trinajstić information content (AvgIpc) is 2.90. The third-order valence-corrected chi connectivity index (χ3v) is 5.17. The highest BCUT2D eigenvalue weighted by atomic mass is 32.1. The number of aryl methyl sites for hydroxylation is 2. The lowest BCUT2D eigenvalue weighted by Crippen LogP contribution is -2.47. The van der Waals surface area contributed by atoms with Crippen molar-refractivity contribution in [3.05, 3.63) is 40.4 Å². The van der Waals surface area contributed by atoms with E-state index in [2.05, 4.69) is 60.8 Å². The van der Waals surface area contributed by atoms with Crippen LogP contribution in [0.15, 0.2) is 24.5 Å². The van der Waals surface area contributed by atoms with E-state index in [9.17, 15) is 0 Å². The van der Waals surface area contributed by atoms with Crippen LogP contribution in [0.25, 0.3) is 5.69 Å². The van der Waals surface area contributed by atoms with Gasteiger partial charge in [0.25, 0.3) is 0 Å². The van der Waals surface area contributed by atoms with Crippen LogP contribution in [0.4, 0.5) is 0 Å². The fourth-order valence-corrected chi connectivity index (χ4v) is 3.74. The number of aromatic nitrogens is 3. The molecule has 0 bridgehead atoms. The van der Waals surface area contributed by atoms with E-state index in [1.54, 1.807) is 0 Å². The van der Waals surface area contributed by atoms with E-state index in [4.69, 9.17) is 12.2 Å². The van der Waals surface area contributed by atoms with Crippen LogP contribution in [0, 0.1) is 24.5 Å². The molecule has 0 aliphatic carbocycles. The molecule has 1 aliphatic rings. The molecule has 6 heteroatoms. The van der Waals surface area contributed by atoms with E-state index < -0.39 is 0 Å². The zero-order valence-corrected chi connectivity index (χ0v) is 16.6. The van der Waals surface area contributed by atoms with Crippen molar-refractivity contribution in [3.8, 4) is 5.69 Å². The van der Waals surface area contributed by atoms with Gasteiger partial charge in [-0.05, 0) is 43.6 Å². The van der Waals surface area contributed by atoms with Gasteiger partial charge in [-0.2, -0.15) is 5.10 Å². The number of benzene rings is 1. The molecule has 136 valence electrons. The minimum Gasteiger partial charge on any atom is -0.301 e. The summed E-state index contributed by atoms with van der Waals surface area (Å²) in [6.45, 7) is 15.2. The Labute approximate surface area is 155 Å². The molecule has 1 aliphatic heterocycles. The van der Waals surface area contributed by atoms with Gasteiger partial charge < -0.3 is 4.90 Å². The Morgan fingerprint density at radius 1 is 1.08 bits per heavy atom. The van der Waals surface area contributed by atoms with E-state index in [0.29, 0.717) is 0 Å². The number of nitrogens with zero attached hydrogens (tertiary/aromatic N) is 5. The van der Waals surface area contributed by atoms with Gasteiger partial charge in [-0.15, -0.1) is 0 Å². The van der Waals surface area contributed by atoms with E-state index in [0.717, 1.165) is 49.2 Å². The first-order valence-corrected chi connectivity index (χ1v) is 9.51. The minimum atomic E-state index is 0.730. The highest BCUT2D eigenvalue weighted by Crippen LogP contribution is 2.16. The van der Waals surface area contributed by atoms with Crippen LogP contribution >= 0.6 is 12.2 Å². The van der Waals surface area contributed by atoms with E-state index in [1.807, 2.05) is 15.6 Å². The molecule has 3 rings (SSSR count). The van der Waals surface area contributed by atoms with Gasteiger partial charge in [0.05, 0.1) is 12.4 Å². The molecule has 1 aromatic carbocycles. The maximum Gasteiger partial charge on any atom is 0.203 e. The number of hydrogen-bond acceptors (Lipinski definition) is 4. The Bertz CT molecular complexity index is 768. The fourth-order valence-electron chi connectivity index (χ4n) is 3.49. The van der Waals surface area contributed by atoms with Gasteiger partial charge in [0, 0.05) is 32.7 Å². The summed E-state index contributed by atoms with van der Waals surface area (Å²) in [5.74, 6) is 0.730. The third-order valence-electron chi connectivity index (χ3n) is 4.77. The van der Waals surface area contributed by atoms with Crippen molar-refractivity contribution < 1.29 is 0 Å². The molecular weight excluding hydrogens is 330 g/mol. The Kier molecular flexibility index (Phi) is 5.71. The molecule has 1 aromatic heterocycles. The van der Waals surface area contributed by atoms with Crippen molar-refractivity contribution in [1.82, 2.24) is 24.1 Å². The van der Waals surface area contributed by atoms with E-state index in [-0.39, 0.29) is 0 Å². The zero-order valence-electron chi connectivity index (χ0n) is 15.8. The maximum absolute atomic E-state index is 5.67. The molecule has 0 unspecified atom stereocenters. The normalized spacial score (nSPS) is 16.7. The molecule has 0 amide bonds. The standard InChI is InChI=1S/C19H29N5S/c1-15(2)12-21-7-9-22(10-8-21)14-24-19(25)23(13-20-24)18-6-5-16(3)11-17(18)4/h5-6,11,13,15H,7-10,12,14H2,1-4H3. The van der Waals surface area contributed by atoms with Crippen LogP contribution < -0.4 is 0 Å². The molecule has 0 atom stereocenters. The Hall–Kier alpha value is -1.50. The van der Waals surface area contributed by atoms with Crippen LogP contribution in [-0.4, -0.2) is 56.9 Å². The first-order chi connectivity index (χ1) is 11.9. The summed E-state index contributed by atoms with van der Waals surface area (Å²) in [6, 6.07) is 6.43.